The maximum atomic E-state index is 14.7. The number of carbonyl (C=O) groups is 5. The predicted octanol–water partition coefficient (Wildman–Crippen LogP) is 7.20. The van der Waals surface area contributed by atoms with E-state index in [1.165, 1.54) is 26.1 Å². The van der Waals surface area contributed by atoms with E-state index in [0.717, 1.165) is 43.1 Å². The van der Waals surface area contributed by atoms with Gasteiger partial charge in [0.15, 0.2) is 17.3 Å². The standard InChI is InChI=1S/C50H65F3N6O7/c1-4-5-6-7-8-9-11-33-13-16-37(40(28-33)50(51,52)53)43(61)31-36(19-21-55)49(64)59(3)47-35-15-18-46(66-25-23-57)39(30-35)38-27-34(14-17-45(38)65-24-22-56)29-41(42(60)12-10-20-54)58-48(63)32(2)26-44(47)62/h13-18,27-28,30,32,36,41,47H,4-12,19,21-26,29,31,55-57H2,1-3H3,(H,58,63)/t32-,36-,41+,47+/m1/s1. The molecule has 2 amide bonds. The number of ketones is 3. The lowest BCUT2D eigenvalue weighted by Gasteiger charge is -2.32. The Kier molecular flexibility index (Phi) is 20.8. The average molecular weight is 919 g/mol. The first kappa shape index (κ1) is 53.0. The molecule has 358 valence electrons. The first-order valence-electron chi connectivity index (χ1n) is 22.9. The molecule has 4 rings (SSSR count). The van der Waals surface area contributed by atoms with Crippen molar-refractivity contribution in [2.45, 2.75) is 116 Å². The quantitative estimate of drug-likeness (QED) is 0.0550. The van der Waals surface area contributed by atoms with E-state index in [4.69, 9.17) is 26.7 Å². The van der Waals surface area contributed by atoms with Gasteiger partial charge in [0.25, 0.3) is 0 Å². The zero-order valence-corrected chi connectivity index (χ0v) is 38.4. The molecule has 4 atom stereocenters. The normalized spacial score (nSPS) is 16.9. The van der Waals surface area contributed by atoms with E-state index in [2.05, 4.69) is 12.2 Å². The number of ether oxygens (including phenoxy) is 2. The van der Waals surface area contributed by atoms with E-state index in [1.807, 2.05) is 6.07 Å². The highest BCUT2D eigenvalue weighted by molar-refractivity contribution is 6.01. The maximum absolute atomic E-state index is 14.7. The molecule has 16 heteroatoms. The molecule has 3 aromatic carbocycles. The molecule has 13 nitrogen and oxygen atoms in total. The van der Waals surface area contributed by atoms with Crippen molar-refractivity contribution in [1.29, 1.82) is 5.26 Å². The minimum absolute atomic E-state index is 0.0500. The Bertz CT molecular complexity index is 2190. The Labute approximate surface area is 385 Å². The van der Waals surface area contributed by atoms with Crippen LogP contribution < -0.4 is 32.0 Å². The van der Waals surface area contributed by atoms with Gasteiger partial charge in [-0.3, -0.25) is 24.0 Å². The van der Waals surface area contributed by atoms with Crippen LogP contribution in [-0.2, 0) is 38.2 Å². The van der Waals surface area contributed by atoms with Crippen LogP contribution in [0, 0.1) is 23.2 Å². The Morgan fingerprint density at radius 1 is 0.879 bits per heavy atom. The van der Waals surface area contributed by atoms with Crippen LogP contribution in [0.3, 0.4) is 0 Å². The molecule has 0 saturated carbocycles. The molecule has 7 N–H and O–H groups in total. The van der Waals surface area contributed by atoms with Crippen LogP contribution in [0.15, 0.2) is 54.6 Å². The highest BCUT2D eigenvalue weighted by atomic mass is 19.4. The first-order valence-corrected chi connectivity index (χ1v) is 22.9. The van der Waals surface area contributed by atoms with Crippen LogP contribution in [0.25, 0.3) is 11.1 Å². The SMILES string of the molecule is CCCCCCCCc1ccc(C(=O)C[C@@H](CCN)C(=O)N(C)[C@@H]2C(=O)C[C@@H](C)C(=O)N[C@H](C(=O)CCC#N)Cc3ccc(OCCN)c(c3)-c3cc2ccc3OCCN)c(C(F)(F)F)c1. The van der Waals surface area contributed by atoms with E-state index < -0.39 is 77.4 Å². The molecule has 0 aromatic heterocycles. The number of benzene rings is 3. The third kappa shape index (κ3) is 14.7. The second-order valence-electron chi connectivity index (χ2n) is 17.0. The molecule has 1 heterocycles. The summed E-state index contributed by atoms with van der Waals surface area (Å²) in [5, 5.41) is 12.0. The van der Waals surface area contributed by atoms with Crippen molar-refractivity contribution >= 4 is 29.2 Å². The topological polar surface area (TPSA) is 221 Å². The van der Waals surface area contributed by atoms with Crippen molar-refractivity contribution in [3.8, 4) is 28.7 Å². The number of carbonyl (C=O) groups excluding carboxylic acids is 5. The van der Waals surface area contributed by atoms with Gasteiger partial charge in [-0.1, -0.05) is 70.2 Å². The molecule has 66 heavy (non-hydrogen) atoms. The van der Waals surface area contributed by atoms with Gasteiger partial charge in [-0.15, -0.1) is 0 Å². The number of unbranched alkanes of at least 4 members (excludes halogenated alkanes) is 5. The second-order valence-corrected chi connectivity index (χ2v) is 17.0. The molecule has 0 radical (unpaired) electrons. The summed E-state index contributed by atoms with van der Waals surface area (Å²) in [5.74, 6) is -4.70. The van der Waals surface area contributed by atoms with Crippen LogP contribution in [0.5, 0.6) is 11.5 Å². The lowest BCUT2D eigenvalue weighted by Crippen LogP contribution is -2.46. The van der Waals surface area contributed by atoms with E-state index >= 15 is 0 Å². The molecule has 1 aliphatic rings. The number of aryl methyl sites for hydroxylation is 1. The molecule has 4 bridgehead atoms. The average Bonchev–Trinajstić information content (AvgIpc) is 3.29. The fourth-order valence-corrected chi connectivity index (χ4v) is 8.31. The Morgan fingerprint density at radius 2 is 1.53 bits per heavy atom. The number of likely N-dealkylation sites (N-methyl/N-ethyl adjacent to an activating group) is 1. The predicted molar refractivity (Wildman–Crippen MR) is 245 cm³/mol. The maximum Gasteiger partial charge on any atom is 0.417 e. The molecule has 3 aromatic rings. The number of halogens is 3. The van der Waals surface area contributed by atoms with E-state index in [1.54, 1.807) is 36.4 Å². The van der Waals surface area contributed by atoms with Crippen molar-refractivity contribution in [2.24, 2.45) is 29.0 Å². The zero-order valence-electron chi connectivity index (χ0n) is 38.4. The van der Waals surface area contributed by atoms with Crippen LogP contribution in [0.4, 0.5) is 13.2 Å². The molecule has 0 spiro atoms. The van der Waals surface area contributed by atoms with Gasteiger partial charge in [0.2, 0.25) is 11.8 Å². The number of Topliss-reactive ketones (excluding diaryl/α,β-unsaturated/α-hetero) is 3. The third-order valence-corrected chi connectivity index (χ3v) is 11.8. The van der Waals surface area contributed by atoms with Gasteiger partial charge in [0.1, 0.15) is 30.8 Å². The zero-order chi connectivity index (χ0) is 48.4. The Balaban J connectivity index is 1.80. The summed E-state index contributed by atoms with van der Waals surface area (Å²) < 4.78 is 55.8. The number of nitrogens with one attached hydrogen (secondary N) is 1. The van der Waals surface area contributed by atoms with Crippen molar-refractivity contribution in [2.75, 3.05) is 39.9 Å². The number of hydrogen-bond donors (Lipinski definition) is 4. The summed E-state index contributed by atoms with van der Waals surface area (Å²) in [7, 11) is 1.36. The number of amides is 2. The lowest BCUT2D eigenvalue weighted by atomic mass is 9.87. The monoisotopic (exact) mass is 918 g/mol. The molecular formula is C50H65F3N6O7. The number of nitrogens with zero attached hydrogens (tertiary/aromatic N) is 2. The Morgan fingerprint density at radius 3 is 2.17 bits per heavy atom. The van der Waals surface area contributed by atoms with Gasteiger partial charge < -0.3 is 36.9 Å². The van der Waals surface area contributed by atoms with Gasteiger partial charge >= 0.3 is 6.18 Å². The van der Waals surface area contributed by atoms with E-state index in [-0.39, 0.29) is 64.3 Å². The highest BCUT2D eigenvalue weighted by Crippen LogP contribution is 2.41. The number of nitriles is 1. The van der Waals surface area contributed by atoms with E-state index in [0.29, 0.717) is 52.2 Å². The van der Waals surface area contributed by atoms with Gasteiger partial charge in [-0.05, 0) is 79.3 Å². The summed E-state index contributed by atoms with van der Waals surface area (Å²) in [5.41, 5.74) is 18.2. The summed E-state index contributed by atoms with van der Waals surface area (Å²) >= 11 is 0. The van der Waals surface area contributed by atoms with Crippen molar-refractivity contribution in [1.82, 2.24) is 10.2 Å². The summed E-state index contributed by atoms with van der Waals surface area (Å²) in [6.07, 6.45) is 0.164. The Hall–Kier alpha value is -5.63. The second kappa shape index (κ2) is 25.9. The van der Waals surface area contributed by atoms with Gasteiger partial charge in [-0.2, -0.15) is 18.4 Å². The molecule has 0 unspecified atom stereocenters. The smallest absolute Gasteiger partial charge is 0.417 e. The van der Waals surface area contributed by atoms with Crippen molar-refractivity contribution < 1.29 is 46.6 Å². The number of fused-ring (bicyclic) bond motifs is 5. The number of alkyl halides is 3. The lowest BCUT2D eigenvalue weighted by molar-refractivity contribution is -0.142. The molecular weight excluding hydrogens is 854 g/mol. The fourth-order valence-electron chi connectivity index (χ4n) is 8.31. The van der Waals surface area contributed by atoms with E-state index in [9.17, 15) is 42.4 Å². The van der Waals surface area contributed by atoms with Gasteiger partial charge in [0.05, 0.1) is 17.7 Å². The van der Waals surface area contributed by atoms with Crippen LogP contribution in [0.2, 0.25) is 0 Å². The molecule has 0 fully saturated rings. The highest BCUT2D eigenvalue weighted by Gasteiger charge is 2.39. The van der Waals surface area contributed by atoms with Crippen LogP contribution >= 0.6 is 0 Å². The number of hydrogen-bond acceptors (Lipinski definition) is 11. The molecule has 0 aliphatic carbocycles. The van der Waals surface area contributed by atoms with Crippen LogP contribution in [0.1, 0.15) is 123 Å². The third-order valence-electron chi connectivity index (χ3n) is 11.8. The molecule has 0 saturated heterocycles. The first-order chi connectivity index (χ1) is 31.6. The van der Waals surface area contributed by atoms with Crippen LogP contribution in [-0.4, -0.2) is 80.0 Å². The minimum atomic E-state index is -4.84. The molecule has 1 aliphatic heterocycles. The summed E-state index contributed by atoms with van der Waals surface area (Å²) in [4.78, 5) is 71.6. The number of rotatable bonds is 23. The van der Waals surface area contributed by atoms with Gasteiger partial charge in [0, 0.05) is 74.3 Å². The fraction of sp³-hybridized carbons (Fsp3) is 0.520. The van der Waals surface area contributed by atoms with Gasteiger partial charge in [-0.25, -0.2) is 0 Å². The minimum Gasteiger partial charge on any atom is -0.492 e. The summed E-state index contributed by atoms with van der Waals surface area (Å²) in [6.45, 7) is 4.10. The summed E-state index contributed by atoms with van der Waals surface area (Å²) in [6, 6.07) is 13.3. The van der Waals surface area contributed by atoms with Crippen molar-refractivity contribution in [3.63, 3.8) is 0 Å². The largest absolute Gasteiger partial charge is 0.492 e. The van der Waals surface area contributed by atoms with Crippen molar-refractivity contribution in [3.05, 3.63) is 82.4 Å². The number of nitrogens with two attached hydrogens (primary N) is 3.